The van der Waals surface area contributed by atoms with Crippen molar-refractivity contribution in [3.63, 3.8) is 0 Å². The van der Waals surface area contributed by atoms with Crippen LogP contribution in [0.3, 0.4) is 0 Å². The zero-order valence-electron chi connectivity index (χ0n) is 24.6. The molecule has 5 aromatic rings. The van der Waals surface area contributed by atoms with Crippen LogP contribution in [0.15, 0.2) is 180 Å². The van der Waals surface area contributed by atoms with Crippen LogP contribution in [0, 0.1) is 10.2 Å². The summed E-state index contributed by atoms with van der Waals surface area (Å²) in [6, 6.07) is 44.9. The zero-order chi connectivity index (χ0) is 32.2. The van der Waals surface area contributed by atoms with Crippen LogP contribution in [-0.4, -0.2) is 0 Å². The molecule has 7 heteroatoms. The number of halogens is 1. The minimum Gasteiger partial charge on any atom is -0.456 e. The lowest BCUT2D eigenvalue weighted by atomic mass is 10.0. The van der Waals surface area contributed by atoms with Gasteiger partial charge in [0.05, 0.1) is 23.3 Å². The van der Waals surface area contributed by atoms with Gasteiger partial charge in [0, 0.05) is 11.1 Å². The normalized spacial score (nSPS) is 13.0. The third kappa shape index (κ3) is 9.84. The zero-order valence-corrected chi connectivity index (χ0v) is 25.3. The highest BCUT2D eigenvalue weighted by Crippen LogP contribution is 2.32. The molecule has 1 aromatic heterocycles. The van der Waals surface area contributed by atoms with Gasteiger partial charge in [0.1, 0.15) is 11.5 Å². The molecule has 228 valence electrons. The second kappa shape index (κ2) is 15.6. The Kier molecular flexibility index (Phi) is 10.9. The quantitative estimate of drug-likeness (QED) is 0.168. The highest BCUT2D eigenvalue weighted by molar-refractivity contribution is 5.77. The van der Waals surface area contributed by atoms with Crippen molar-refractivity contribution in [2.24, 2.45) is 0 Å². The van der Waals surface area contributed by atoms with Gasteiger partial charge >= 0.3 is 11.5 Å². The van der Waals surface area contributed by atoms with Crippen LogP contribution in [0.5, 0.6) is 0 Å². The van der Waals surface area contributed by atoms with Crippen LogP contribution < -0.4 is 18.6 Å². The molecule has 0 amide bonds. The Morgan fingerprint density at radius 1 is 0.500 bits per heavy atom. The number of allylic oxidation sites excluding steroid dienone is 7. The summed E-state index contributed by atoms with van der Waals surface area (Å²) >= 11 is 0. The van der Waals surface area contributed by atoms with Crippen LogP contribution in [-0.2, 0) is 4.74 Å². The van der Waals surface area contributed by atoms with Crippen molar-refractivity contribution in [2.45, 2.75) is 0 Å². The molecule has 0 saturated carbocycles. The molecule has 0 N–H and O–H groups in total. The Hall–Kier alpha value is -5.34. The SMILES string of the molecule is C(=CC=C1C=C(c2ccccc2)OC(c2ccccc2)=C1)C=Cc1cc(-c2ccccc2)[o+]c(-c2ccccc2)c1.[O-][Cl+3]([O-])([O-])[O-]. The van der Waals surface area contributed by atoms with Crippen molar-refractivity contribution in [1.82, 2.24) is 0 Å². The molecule has 4 aromatic carbocycles. The van der Waals surface area contributed by atoms with E-state index >= 15 is 0 Å². The average Bonchev–Trinajstić information content (AvgIpc) is 3.09. The van der Waals surface area contributed by atoms with Gasteiger partial charge in [0.25, 0.3) is 0 Å². The van der Waals surface area contributed by atoms with E-state index in [4.69, 9.17) is 27.8 Å². The van der Waals surface area contributed by atoms with E-state index in [1.807, 2.05) is 78.9 Å². The molecule has 0 unspecified atom stereocenters. The van der Waals surface area contributed by atoms with Gasteiger partial charge in [-0.3, -0.25) is 0 Å². The molecule has 0 atom stereocenters. The summed E-state index contributed by atoms with van der Waals surface area (Å²) in [6.07, 6.45) is 14.5. The summed E-state index contributed by atoms with van der Waals surface area (Å²) < 4.78 is 46.6. The molecule has 1 aliphatic rings. The first kappa shape index (κ1) is 32.1. The van der Waals surface area contributed by atoms with Gasteiger partial charge in [-0.15, -0.1) is 10.2 Å². The fraction of sp³-hybridized carbons (Fsp3) is 0. The van der Waals surface area contributed by atoms with E-state index in [9.17, 15) is 0 Å². The maximum absolute atomic E-state index is 8.49. The molecule has 1 aliphatic heterocycles. The van der Waals surface area contributed by atoms with Crippen LogP contribution >= 0.6 is 0 Å². The second-order valence-electron chi connectivity index (χ2n) is 9.99. The molecule has 6 rings (SSSR count). The number of hydrogen-bond acceptors (Lipinski definition) is 5. The van der Waals surface area contributed by atoms with E-state index in [0.29, 0.717) is 0 Å². The van der Waals surface area contributed by atoms with E-state index in [-0.39, 0.29) is 0 Å². The third-order valence-corrected chi connectivity index (χ3v) is 6.66. The van der Waals surface area contributed by atoms with Crippen molar-refractivity contribution in [3.8, 4) is 22.6 Å². The monoisotopic (exact) mass is 628 g/mol. The lowest BCUT2D eigenvalue weighted by molar-refractivity contribution is -2.00. The van der Waals surface area contributed by atoms with Crippen LogP contribution in [0.1, 0.15) is 16.7 Å². The number of ether oxygens (including phenoxy) is 1. The number of rotatable bonds is 7. The molecule has 46 heavy (non-hydrogen) atoms. The van der Waals surface area contributed by atoms with Crippen molar-refractivity contribution in [3.05, 3.63) is 192 Å². The van der Waals surface area contributed by atoms with Gasteiger partial charge in [-0.25, -0.2) is 23.1 Å². The van der Waals surface area contributed by atoms with Gasteiger partial charge in [-0.05, 0) is 47.6 Å². The topological polar surface area (TPSA) is 113 Å². The molecule has 0 bridgehead atoms. The lowest BCUT2D eigenvalue weighted by Gasteiger charge is -2.18. The van der Waals surface area contributed by atoms with Gasteiger partial charge in [-0.1, -0.05) is 127 Å². The fourth-order valence-corrected chi connectivity index (χ4v) is 4.61. The molecule has 0 fully saturated rings. The smallest absolute Gasteiger partial charge is 0.361 e. The standard InChI is InChI=1S/C39H29O2.ClHO4/c1(6-16-30-26-36(32-18-8-2-9-19-32)40-37(27-30)33-20-10-3-11-21-33)7-17-31-28-38(34-22-12-4-13-23-34)41-39(29-31)35-24-14-5-15-25-35;2-1(3,4)5/h1-29H;(H,2,3,4,5)/q+1;/p-1. The molecule has 2 heterocycles. The molecule has 6 nitrogen and oxygen atoms in total. The highest BCUT2D eigenvalue weighted by Gasteiger charge is 2.19. The Morgan fingerprint density at radius 2 is 0.891 bits per heavy atom. The van der Waals surface area contributed by atoms with Gasteiger partial charge in [0.2, 0.25) is 0 Å². The third-order valence-electron chi connectivity index (χ3n) is 6.66. The van der Waals surface area contributed by atoms with Crippen LogP contribution in [0.4, 0.5) is 0 Å². The van der Waals surface area contributed by atoms with Gasteiger partial charge < -0.3 is 4.74 Å². The first-order chi connectivity index (χ1) is 22.3. The van der Waals surface area contributed by atoms with E-state index < -0.39 is 10.2 Å². The molecule has 0 aliphatic carbocycles. The Bertz CT molecular complexity index is 1750. The summed E-state index contributed by atoms with van der Waals surface area (Å²) in [5.41, 5.74) is 6.30. The lowest BCUT2D eigenvalue weighted by Crippen LogP contribution is -2.68. The van der Waals surface area contributed by atoms with Crippen LogP contribution in [0.25, 0.3) is 40.2 Å². The van der Waals surface area contributed by atoms with E-state index in [1.54, 1.807) is 0 Å². The minimum absolute atomic E-state index is 0.831. The minimum atomic E-state index is -4.94. The van der Waals surface area contributed by atoms with Crippen molar-refractivity contribution >= 4 is 17.6 Å². The summed E-state index contributed by atoms with van der Waals surface area (Å²) in [5.74, 6) is 3.32. The van der Waals surface area contributed by atoms with Crippen molar-refractivity contribution in [1.29, 1.82) is 0 Å². The summed E-state index contributed by atoms with van der Waals surface area (Å²) in [7, 11) is -4.94. The number of hydrogen-bond donors (Lipinski definition) is 0. The van der Waals surface area contributed by atoms with E-state index in [2.05, 4.69) is 97.1 Å². The Balaban J connectivity index is 0.000000775. The number of benzene rings is 4. The average molecular weight is 629 g/mol. The largest absolute Gasteiger partial charge is 0.456 e. The van der Waals surface area contributed by atoms with Crippen molar-refractivity contribution < 1.29 is 38.0 Å². The Labute approximate surface area is 269 Å². The predicted molar refractivity (Wildman–Crippen MR) is 170 cm³/mol. The van der Waals surface area contributed by atoms with Crippen molar-refractivity contribution in [2.75, 3.05) is 0 Å². The summed E-state index contributed by atoms with van der Waals surface area (Å²) in [6.45, 7) is 0. The van der Waals surface area contributed by atoms with Crippen LogP contribution in [0.2, 0.25) is 0 Å². The summed E-state index contributed by atoms with van der Waals surface area (Å²) in [4.78, 5) is 0. The summed E-state index contributed by atoms with van der Waals surface area (Å²) in [5, 5.41) is 0. The first-order valence-corrected chi connectivity index (χ1v) is 15.5. The molecular formula is C39H29ClO6. The predicted octanol–water partition coefficient (Wildman–Crippen LogP) is 5.75. The molecule has 0 radical (unpaired) electrons. The van der Waals surface area contributed by atoms with Gasteiger partial charge in [0.15, 0.2) is 0 Å². The molecular weight excluding hydrogens is 600 g/mol. The molecule has 0 saturated heterocycles. The second-order valence-corrected chi connectivity index (χ2v) is 10.7. The fourth-order valence-electron chi connectivity index (χ4n) is 4.61. The first-order valence-electron chi connectivity index (χ1n) is 14.3. The molecule has 0 spiro atoms. The maximum Gasteiger partial charge on any atom is 0.361 e. The highest BCUT2D eigenvalue weighted by atomic mass is 35.7. The van der Waals surface area contributed by atoms with E-state index in [0.717, 1.165) is 56.4 Å². The maximum atomic E-state index is 8.49. The van der Waals surface area contributed by atoms with E-state index in [1.165, 1.54) is 0 Å². The Morgan fingerprint density at radius 3 is 1.30 bits per heavy atom. The van der Waals surface area contributed by atoms with Gasteiger partial charge in [-0.2, -0.15) is 0 Å².